The molecule has 208 valence electrons. The standard InChI is InChI=1S/C24H43N9O4/c1-33(2)12-11-30-22(35)18-15-17(21(25)34)19(36-13-7-3-5-9-31-23(26)27)16-20(18)37-14-8-4-6-10-32-24(28)29/h15-16H,3-14H2,1-2H3,(H2,25,34)(H,30,35)(H4,26,27,31)(H4,28,29,32). The fourth-order valence-electron chi connectivity index (χ4n) is 3.22. The molecule has 0 atom stereocenters. The van der Waals surface area contributed by atoms with Gasteiger partial charge in [-0.25, -0.2) is 0 Å². The molecule has 1 rings (SSSR count). The van der Waals surface area contributed by atoms with Crippen LogP contribution in [0.3, 0.4) is 0 Å². The molecule has 37 heavy (non-hydrogen) atoms. The first kappa shape index (κ1) is 31.3. The number of nitrogens with one attached hydrogen (secondary N) is 1. The average Bonchev–Trinajstić information content (AvgIpc) is 2.81. The van der Waals surface area contributed by atoms with E-state index in [9.17, 15) is 9.59 Å². The fourth-order valence-corrected chi connectivity index (χ4v) is 3.22. The first-order valence-corrected chi connectivity index (χ1v) is 12.4. The Hall–Kier alpha value is -3.74. The predicted molar refractivity (Wildman–Crippen MR) is 146 cm³/mol. The topological polar surface area (TPSA) is 223 Å². The lowest BCUT2D eigenvalue weighted by molar-refractivity contribution is 0.0946. The number of amides is 2. The number of nitrogens with zero attached hydrogens (tertiary/aromatic N) is 3. The molecule has 1 aromatic carbocycles. The number of unbranched alkanes of at least 4 members (excludes halogenated alkanes) is 4. The number of primary amides is 1. The van der Waals surface area contributed by atoms with Crippen LogP contribution in [-0.2, 0) is 0 Å². The minimum absolute atomic E-state index is 0.0643. The summed E-state index contributed by atoms with van der Waals surface area (Å²) < 4.78 is 11.8. The van der Waals surface area contributed by atoms with E-state index in [1.165, 1.54) is 6.07 Å². The van der Waals surface area contributed by atoms with Gasteiger partial charge in [-0.2, -0.15) is 0 Å². The Morgan fingerprint density at radius 2 is 1.30 bits per heavy atom. The Bertz CT molecular complexity index is 912. The van der Waals surface area contributed by atoms with E-state index in [0.29, 0.717) is 45.1 Å². The van der Waals surface area contributed by atoms with E-state index < -0.39 is 5.91 Å². The molecule has 0 aliphatic rings. The molecular weight excluding hydrogens is 478 g/mol. The van der Waals surface area contributed by atoms with E-state index >= 15 is 0 Å². The maximum atomic E-state index is 12.9. The molecule has 13 heteroatoms. The van der Waals surface area contributed by atoms with Crippen LogP contribution in [0.25, 0.3) is 0 Å². The van der Waals surface area contributed by atoms with Gasteiger partial charge >= 0.3 is 0 Å². The molecule has 0 bridgehead atoms. The van der Waals surface area contributed by atoms with Gasteiger partial charge in [-0.1, -0.05) is 0 Å². The van der Waals surface area contributed by atoms with Crippen molar-refractivity contribution in [1.82, 2.24) is 10.2 Å². The Balaban J connectivity index is 2.91. The monoisotopic (exact) mass is 521 g/mol. The molecule has 0 aliphatic carbocycles. The number of guanidine groups is 2. The summed E-state index contributed by atoms with van der Waals surface area (Å²) in [5.74, 6) is -0.343. The van der Waals surface area contributed by atoms with Gasteiger partial charge in [0.25, 0.3) is 11.8 Å². The summed E-state index contributed by atoms with van der Waals surface area (Å²) in [5, 5.41) is 2.84. The number of nitrogens with two attached hydrogens (primary N) is 5. The summed E-state index contributed by atoms with van der Waals surface area (Å²) in [5.41, 5.74) is 27.2. The van der Waals surface area contributed by atoms with Crippen LogP contribution in [0.2, 0.25) is 0 Å². The summed E-state index contributed by atoms with van der Waals surface area (Å²) in [6.45, 7) is 2.88. The zero-order valence-electron chi connectivity index (χ0n) is 22.0. The molecule has 0 saturated heterocycles. The molecule has 0 radical (unpaired) electrons. The van der Waals surface area contributed by atoms with Gasteiger partial charge in [-0.15, -0.1) is 0 Å². The minimum atomic E-state index is -0.698. The molecule has 0 spiro atoms. The summed E-state index contributed by atoms with van der Waals surface area (Å²) in [6.07, 6.45) is 4.72. The van der Waals surface area contributed by atoms with Gasteiger partial charge in [0, 0.05) is 32.2 Å². The third kappa shape index (κ3) is 13.8. The first-order valence-electron chi connectivity index (χ1n) is 12.4. The normalized spacial score (nSPS) is 10.6. The smallest absolute Gasteiger partial charge is 0.255 e. The predicted octanol–water partition coefficient (Wildman–Crippen LogP) is -0.278. The van der Waals surface area contributed by atoms with Crippen molar-refractivity contribution in [2.24, 2.45) is 38.7 Å². The van der Waals surface area contributed by atoms with Crippen LogP contribution in [-0.4, -0.2) is 82.1 Å². The number of carbonyl (C=O) groups excluding carboxylic acids is 2. The van der Waals surface area contributed by atoms with E-state index in [0.717, 1.165) is 38.5 Å². The van der Waals surface area contributed by atoms with Gasteiger partial charge in [0.15, 0.2) is 11.9 Å². The van der Waals surface area contributed by atoms with E-state index in [1.807, 2.05) is 19.0 Å². The lowest BCUT2D eigenvalue weighted by Gasteiger charge is -2.17. The van der Waals surface area contributed by atoms with Crippen LogP contribution in [0.15, 0.2) is 22.1 Å². The minimum Gasteiger partial charge on any atom is -0.493 e. The average molecular weight is 522 g/mol. The Morgan fingerprint density at radius 1 is 0.784 bits per heavy atom. The van der Waals surface area contributed by atoms with Gasteiger partial charge in [0.05, 0.1) is 24.3 Å². The molecule has 0 aromatic heterocycles. The van der Waals surface area contributed by atoms with Gasteiger partial charge < -0.3 is 48.4 Å². The summed E-state index contributed by atoms with van der Waals surface area (Å²) in [4.78, 5) is 34.9. The molecule has 1 aromatic rings. The third-order valence-corrected chi connectivity index (χ3v) is 5.15. The SMILES string of the molecule is CN(C)CCNC(=O)c1cc(C(N)=O)c(OCCCCCN=C(N)N)cc1OCCCCCN=C(N)N. The maximum Gasteiger partial charge on any atom is 0.255 e. The van der Waals surface area contributed by atoms with Gasteiger partial charge in [-0.05, 0) is 58.7 Å². The number of likely N-dealkylation sites (N-methyl/N-ethyl adjacent to an activating group) is 1. The Kier molecular flexibility index (Phi) is 14.9. The van der Waals surface area contributed by atoms with Gasteiger partial charge in [0.2, 0.25) is 0 Å². The van der Waals surface area contributed by atoms with Gasteiger partial charge in [0.1, 0.15) is 11.5 Å². The number of hydrogen-bond donors (Lipinski definition) is 6. The second-order valence-corrected chi connectivity index (χ2v) is 8.70. The number of carbonyl (C=O) groups is 2. The Morgan fingerprint density at radius 3 is 1.76 bits per heavy atom. The van der Waals surface area contributed by atoms with Crippen molar-refractivity contribution in [1.29, 1.82) is 0 Å². The van der Waals surface area contributed by atoms with Crippen molar-refractivity contribution < 1.29 is 19.1 Å². The van der Waals surface area contributed by atoms with Crippen molar-refractivity contribution in [2.45, 2.75) is 38.5 Å². The second kappa shape index (κ2) is 17.7. The van der Waals surface area contributed by atoms with Crippen molar-refractivity contribution >= 4 is 23.7 Å². The second-order valence-electron chi connectivity index (χ2n) is 8.70. The van der Waals surface area contributed by atoms with Crippen molar-refractivity contribution in [3.05, 3.63) is 23.3 Å². The largest absolute Gasteiger partial charge is 0.493 e. The number of aliphatic imine (C=N–C) groups is 2. The van der Waals surface area contributed by atoms with Crippen LogP contribution in [0, 0.1) is 0 Å². The molecule has 13 nitrogen and oxygen atoms in total. The van der Waals surface area contributed by atoms with E-state index in [4.69, 9.17) is 38.1 Å². The fraction of sp³-hybridized carbons (Fsp3) is 0.583. The van der Waals surface area contributed by atoms with E-state index in [2.05, 4.69) is 15.3 Å². The number of benzene rings is 1. The van der Waals surface area contributed by atoms with Crippen LogP contribution >= 0.6 is 0 Å². The lowest BCUT2D eigenvalue weighted by Crippen LogP contribution is -2.32. The highest BCUT2D eigenvalue weighted by Crippen LogP contribution is 2.30. The third-order valence-electron chi connectivity index (χ3n) is 5.15. The zero-order chi connectivity index (χ0) is 27.6. The van der Waals surface area contributed by atoms with Crippen LogP contribution in [0.1, 0.15) is 59.2 Å². The highest BCUT2D eigenvalue weighted by molar-refractivity contribution is 6.02. The van der Waals surface area contributed by atoms with Crippen LogP contribution in [0.4, 0.5) is 0 Å². The zero-order valence-corrected chi connectivity index (χ0v) is 22.0. The number of rotatable bonds is 19. The number of ether oxygens (including phenoxy) is 2. The number of hydrogen-bond acceptors (Lipinski definition) is 7. The molecular formula is C24H43N9O4. The van der Waals surface area contributed by atoms with Gasteiger partial charge in [-0.3, -0.25) is 19.6 Å². The first-order chi connectivity index (χ1) is 17.6. The molecule has 0 unspecified atom stereocenters. The van der Waals surface area contributed by atoms with Crippen LogP contribution < -0.4 is 43.5 Å². The molecule has 11 N–H and O–H groups in total. The Labute approximate surface area is 218 Å². The highest BCUT2D eigenvalue weighted by atomic mass is 16.5. The summed E-state index contributed by atoms with van der Waals surface area (Å²) in [7, 11) is 3.82. The van der Waals surface area contributed by atoms with Crippen molar-refractivity contribution in [3.63, 3.8) is 0 Å². The molecule has 0 fully saturated rings. The molecule has 0 saturated carbocycles. The van der Waals surface area contributed by atoms with E-state index in [1.54, 1.807) is 6.07 Å². The quantitative estimate of drug-likeness (QED) is 0.0798. The maximum absolute atomic E-state index is 12.9. The summed E-state index contributed by atoms with van der Waals surface area (Å²) in [6, 6.07) is 2.98. The van der Waals surface area contributed by atoms with E-state index in [-0.39, 0.29) is 34.7 Å². The highest BCUT2D eigenvalue weighted by Gasteiger charge is 2.20. The summed E-state index contributed by atoms with van der Waals surface area (Å²) >= 11 is 0. The molecule has 0 aliphatic heterocycles. The van der Waals surface area contributed by atoms with Crippen molar-refractivity contribution in [2.75, 3.05) is 53.5 Å². The van der Waals surface area contributed by atoms with Crippen LogP contribution in [0.5, 0.6) is 11.5 Å². The van der Waals surface area contributed by atoms with Crippen molar-refractivity contribution in [3.8, 4) is 11.5 Å². The lowest BCUT2D eigenvalue weighted by atomic mass is 10.1. The molecule has 0 heterocycles. The molecule has 2 amide bonds.